The van der Waals surface area contributed by atoms with Gasteiger partial charge in [0.1, 0.15) is 11.5 Å². The summed E-state index contributed by atoms with van der Waals surface area (Å²) < 4.78 is 10.0. The molecule has 0 amide bonds. The highest BCUT2D eigenvalue weighted by Gasteiger charge is 2.19. The Kier molecular flexibility index (Phi) is 4.31. The van der Waals surface area contributed by atoms with Crippen molar-refractivity contribution < 1.29 is 29.3 Å². The number of carboxylic acid groups (broad SMARTS) is 2. The molecule has 0 saturated carbocycles. The van der Waals surface area contributed by atoms with Crippen LogP contribution in [0.1, 0.15) is 20.7 Å². The lowest BCUT2D eigenvalue weighted by Gasteiger charge is -2.12. The van der Waals surface area contributed by atoms with Crippen LogP contribution >= 0.6 is 0 Å². The second-order valence-electron chi connectivity index (χ2n) is 4.43. The molecule has 2 aromatic carbocycles. The van der Waals surface area contributed by atoms with E-state index in [0.29, 0.717) is 22.6 Å². The molecule has 0 radical (unpaired) electrons. The fraction of sp³-hybridized carbons (Fsp3) is 0.125. The van der Waals surface area contributed by atoms with E-state index in [0.717, 1.165) is 0 Å². The molecule has 6 nitrogen and oxygen atoms in total. The minimum Gasteiger partial charge on any atom is -0.497 e. The van der Waals surface area contributed by atoms with Crippen molar-refractivity contribution in [1.29, 1.82) is 0 Å². The number of ether oxygens (including phenoxy) is 2. The average molecular weight is 302 g/mol. The van der Waals surface area contributed by atoms with Crippen LogP contribution in [0.15, 0.2) is 36.4 Å². The molecular weight excluding hydrogens is 288 g/mol. The molecule has 0 saturated heterocycles. The summed E-state index contributed by atoms with van der Waals surface area (Å²) in [6, 6.07) is 8.92. The van der Waals surface area contributed by atoms with E-state index in [1.807, 2.05) is 0 Å². The Labute approximate surface area is 126 Å². The lowest BCUT2D eigenvalue weighted by atomic mass is 9.95. The third-order valence-corrected chi connectivity index (χ3v) is 3.20. The van der Waals surface area contributed by atoms with Gasteiger partial charge in [-0.3, -0.25) is 0 Å². The molecule has 2 rings (SSSR count). The van der Waals surface area contributed by atoms with Crippen LogP contribution in [0.2, 0.25) is 0 Å². The van der Waals surface area contributed by atoms with Crippen LogP contribution in [0.3, 0.4) is 0 Å². The highest BCUT2D eigenvalue weighted by atomic mass is 16.5. The number of carbonyl (C=O) groups is 2. The van der Waals surface area contributed by atoms with Crippen LogP contribution in [0.4, 0.5) is 0 Å². The first-order valence-corrected chi connectivity index (χ1v) is 6.31. The van der Waals surface area contributed by atoms with Gasteiger partial charge in [-0.05, 0) is 47.5 Å². The maximum atomic E-state index is 11.4. The molecule has 0 spiro atoms. The van der Waals surface area contributed by atoms with E-state index in [1.165, 1.54) is 38.5 Å². The summed E-state index contributed by atoms with van der Waals surface area (Å²) in [4.78, 5) is 22.9. The number of aromatic carboxylic acids is 2. The van der Waals surface area contributed by atoms with Crippen molar-refractivity contribution in [3.05, 3.63) is 47.5 Å². The molecule has 0 aliphatic carbocycles. The third kappa shape index (κ3) is 2.85. The Bertz CT molecular complexity index is 672. The van der Waals surface area contributed by atoms with Crippen LogP contribution in [0.5, 0.6) is 11.5 Å². The molecule has 2 aromatic rings. The van der Waals surface area contributed by atoms with Crippen molar-refractivity contribution in [2.45, 2.75) is 0 Å². The fourth-order valence-corrected chi connectivity index (χ4v) is 2.12. The highest BCUT2D eigenvalue weighted by molar-refractivity contribution is 6.02. The van der Waals surface area contributed by atoms with Crippen LogP contribution in [-0.4, -0.2) is 36.4 Å². The molecule has 114 valence electrons. The summed E-state index contributed by atoms with van der Waals surface area (Å²) >= 11 is 0. The Morgan fingerprint density at radius 3 is 1.41 bits per heavy atom. The molecule has 0 fully saturated rings. The van der Waals surface area contributed by atoms with Crippen molar-refractivity contribution in [3.63, 3.8) is 0 Å². The second-order valence-corrected chi connectivity index (χ2v) is 4.43. The van der Waals surface area contributed by atoms with Gasteiger partial charge >= 0.3 is 11.9 Å². The molecule has 0 aromatic heterocycles. The first kappa shape index (κ1) is 15.4. The largest absolute Gasteiger partial charge is 0.497 e. The average Bonchev–Trinajstić information content (AvgIpc) is 2.53. The molecule has 0 unspecified atom stereocenters. The number of rotatable bonds is 5. The second kappa shape index (κ2) is 6.17. The SMILES string of the molecule is COc1ccc(-c2ccc(OC)cc2C(=O)O)c(C(=O)O)c1. The number of methoxy groups -OCH3 is 2. The quantitative estimate of drug-likeness (QED) is 0.882. The summed E-state index contributed by atoms with van der Waals surface area (Å²) in [5.74, 6) is -1.57. The van der Waals surface area contributed by atoms with Crippen LogP contribution < -0.4 is 9.47 Å². The van der Waals surface area contributed by atoms with Gasteiger partial charge < -0.3 is 19.7 Å². The molecule has 0 aliphatic rings. The zero-order valence-electron chi connectivity index (χ0n) is 12.0. The monoisotopic (exact) mass is 302 g/mol. The normalized spacial score (nSPS) is 10.1. The van der Waals surface area contributed by atoms with E-state index < -0.39 is 11.9 Å². The van der Waals surface area contributed by atoms with Gasteiger partial charge in [-0.25, -0.2) is 9.59 Å². The van der Waals surface area contributed by atoms with E-state index in [-0.39, 0.29) is 11.1 Å². The maximum Gasteiger partial charge on any atom is 0.336 e. The molecule has 0 atom stereocenters. The standard InChI is InChI=1S/C16H14O6/c1-21-9-3-5-11(13(7-9)15(17)18)12-6-4-10(22-2)8-14(12)16(19)20/h3-8H,1-2H3,(H,17,18)(H,19,20). The molecule has 6 heteroatoms. The highest BCUT2D eigenvalue weighted by Crippen LogP contribution is 2.32. The van der Waals surface area contributed by atoms with E-state index >= 15 is 0 Å². The van der Waals surface area contributed by atoms with Gasteiger partial charge in [0.05, 0.1) is 25.3 Å². The number of hydrogen-bond donors (Lipinski definition) is 2. The topological polar surface area (TPSA) is 93.1 Å². The molecule has 0 bridgehead atoms. The number of carboxylic acids is 2. The maximum absolute atomic E-state index is 11.4. The summed E-state index contributed by atoms with van der Waals surface area (Å²) in [6.07, 6.45) is 0. The van der Waals surface area contributed by atoms with Gasteiger partial charge in [-0.1, -0.05) is 0 Å². The Hall–Kier alpha value is -3.02. The minimum absolute atomic E-state index is 0.0352. The zero-order valence-corrected chi connectivity index (χ0v) is 12.0. The smallest absolute Gasteiger partial charge is 0.336 e. The van der Waals surface area contributed by atoms with E-state index in [4.69, 9.17) is 9.47 Å². The van der Waals surface area contributed by atoms with E-state index in [2.05, 4.69) is 0 Å². The van der Waals surface area contributed by atoms with E-state index in [9.17, 15) is 19.8 Å². The third-order valence-electron chi connectivity index (χ3n) is 3.20. The summed E-state index contributed by atoms with van der Waals surface area (Å²) in [5, 5.41) is 18.7. The van der Waals surface area contributed by atoms with Gasteiger partial charge in [0.25, 0.3) is 0 Å². The van der Waals surface area contributed by atoms with Crippen molar-refractivity contribution in [3.8, 4) is 22.6 Å². The zero-order chi connectivity index (χ0) is 16.3. The van der Waals surface area contributed by atoms with Crippen LogP contribution in [0, 0.1) is 0 Å². The fourth-order valence-electron chi connectivity index (χ4n) is 2.12. The van der Waals surface area contributed by atoms with Gasteiger partial charge in [-0.15, -0.1) is 0 Å². The Morgan fingerprint density at radius 1 is 0.773 bits per heavy atom. The minimum atomic E-state index is -1.17. The first-order chi connectivity index (χ1) is 10.5. The molecular formula is C16H14O6. The van der Waals surface area contributed by atoms with Crippen LogP contribution in [-0.2, 0) is 0 Å². The Morgan fingerprint density at radius 2 is 1.14 bits per heavy atom. The van der Waals surface area contributed by atoms with Gasteiger partial charge in [0, 0.05) is 0 Å². The van der Waals surface area contributed by atoms with Crippen molar-refractivity contribution in [2.24, 2.45) is 0 Å². The molecule has 2 N–H and O–H groups in total. The van der Waals surface area contributed by atoms with Crippen molar-refractivity contribution in [1.82, 2.24) is 0 Å². The summed E-state index contributed by atoms with van der Waals surface area (Å²) in [7, 11) is 2.85. The number of benzene rings is 2. The Balaban J connectivity index is 2.70. The summed E-state index contributed by atoms with van der Waals surface area (Å²) in [5.41, 5.74) is 0.528. The van der Waals surface area contributed by atoms with Crippen molar-refractivity contribution >= 4 is 11.9 Å². The first-order valence-electron chi connectivity index (χ1n) is 6.31. The summed E-state index contributed by atoms with van der Waals surface area (Å²) in [6.45, 7) is 0. The number of hydrogen-bond acceptors (Lipinski definition) is 4. The lowest BCUT2D eigenvalue weighted by Crippen LogP contribution is -2.05. The molecule has 0 heterocycles. The van der Waals surface area contributed by atoms with Gasteiger partial charge in [-0.2, -0.15) is 0 Å². The van der Waals surface area contributed by atoms with Crippen LogP contribution in [0.25, 0.3) is 11.1 Å². The lowest BCUT2D eigenvalue weighted by molar-refractivity contribution is 0.0684. The van der Waals surface area contributed by atoms with Crippen molar-refractivity contribution in [2.75, 3.05) is 14.2 Å². The van der Waals surface area contributed by atoms with Gasteiger partial charge in [0.2, 0.25) is 0 Å². The predicted molar refractivity (Wildman–Crippen MR) is 78.9 cm³/mol. The predicted octanol–water partition coefficient (Wildman–Crippen LogP) is 2.77. The van der Waals surface area contributed by atoms with E-state index in [1.54, 1.807) is 12.1 Å². The molecule has 22 heavy (non-hydrogen) atoms. The molecule has 0 aliphatic heterocycles. The van der Waals surface area contributed by atoms with Gasteiger partial charge in [0.15, 0.2) is 0 Å².